The van der Waals surface area contributed by atoms with E-state index in [0.29, 0.717) is 6.04 Å². The first-order valence-corrected chi connectivity index (χ1v) is 7.40. The van der Waals surface area contributed by atoms with Gasteiger partial charge in [0.1, 0.15) is 0 Å². The maximum absolute atomic E-state index is 9.57. The van der Waals surface area contributed by atoms with E-state index in [2.05, 4.69) is 9.80 Å². The van der Waals surface area contributed by atoms with Gasteiger partial charge in [0.05, 0.1) is 6.10 Å². The molecular formula is C14H28N2O. The number of hydrogen-bond acceptors (Lipinski definition) is 3. The number of aliphatic hydroxyl groups excluding tert-OH is 1. The van der Waals surface area contributed by atoms with E-state index in [0.717, 1.165) is 6.42 Å². The summed E-state index contributed by atoms with van der Waals surface area (Å²) in [5.74, 6) is 0. The molecule has 17 heavy (non-hydrogen) atoms. The summed E-state index contributed by atoms with van der Waals surface area (Å²) >= 11 is 0. The Morgan fingerprint density at radius 1 is 1.06 bits per heavy atom. The van der Waals surface area contributed by atoms with Gasteiger partial charge >= 0.3 is 0 Å². The summed E-state index contributed by atoms with van der Waals surface area (Å²) in [5.41, 5.74) is 0. The Morgan fingerprint density at radius 3 is 2.47 bits per heavy atom. The molecule has 0 spiro atoms. The molecule has 0 radical (unpaired) electrons. The van der Waals surface area contributed by atoms with Crippen molar-refractivity contribution in [1.29, 1.82) is 0 Å². The summed E-state index contributed by atoms with van der Waals surface area (Å²) in [7, 11) is 0. The van der Waals surface area contributed by atoms with Crippen LogP contribution in [0.1, 0.15) is 45.4 Å². The van der Waals surface area contributed by atoms with Gasteiger partial charge in [-0.15, -0.1) is 0 Å². The second-order valence-corrected chi connectivity index (χ2v) is 5.82. The first-order chi connectivity index (χ1) is 8.25. The fraction of sp³-hybridized carbons (Fsp3) is 1.00. The summed E-state index contributed by atoms with van der Waals surface area (Å²) in [4.78, 5) is 5.21. The van der Waals surface area contributed by atoms with Gasteiger partial charge in [-0.1, -0.05) is 6.42 Å². The molecule has 2 saturated heterocycles. The van der Waals surface area contributed by atoms with Gasteiger partial charge in [0.25, 0.3) is 0 Å². The summed E-state index contributed by atoms with van der Waals surface area (Å²) in [6.07, 6.45) is 7.56. The molecule has 1 N–H and O–H groups in total. The van der Waals surface area contributed by atoms with Crippen LogP contribution in [0.4, 0.5) is 0 Å². The number of hydrogen-bond donors (Lipinski definition) is 1. The van der Waals surface area contributed by atoms with Crippen LogP contribution in [0.5, 0.6) is 0 Å². The molecule has 0 aliphatic carbocycles. The molecule has 0 aromatic carbocycles. The van der Waals surface area contributed by atoms with Gasteiger partial charge in [-0.25, -0.2) is 0 Å². The van der Waals surface area contributed by atoms with Gasteiger partial charge < -0.3 is 10.0 Å². The molecule has 0 saturated carbocycles. The van der Waals surface area contributed by atoms with E-state index in [1.54, 1.807) is 0 Å². The molecule has 0 aromatic heterocycles. The molecular weight excluding hydrogens is 212 g/mol. The van der Waals surface area contributed by atoms with E-state index in [1.165, 1.54) is 64.8 Å². The van der Waals surface area contributed by atoms with Gasteiger partial charge in [0.15, 0.2) is 0 Å². The second kappa shape index (κ2) is 6.72. The predicted molar refractivity (Wildman–Crippen MR) is 71.2 cm³/mol. The lowest BCUT2D eigenvalue weighted by Gasteiger charge is -2.37. The zero-order valence-corrected chi connectivity index (χ0v) is 11.3. The monoisotopic (exact) mass is 240 g/mol. The topological polar surface area (TPSA) is 26.7 Å². The largest absolute Gasteiger partial charge is 0.393 e. The number of piperidine rings is 1. The van der Waals surface area contributed by atoms with Crippen molar-refractivity contribution in [3.8, 4) is 0 Å². The Bertz CT molecular complexity index is 214. The molecule has 0 bridgehead atoms. The van der Waals surface area contributed by atoms with E-state index < -0.39 is 0 Å². The van der Waals surface area contributed by atoms with Crippen molar-refractivity contribution >= 4 is 0 Å². The highest BCUT2D eigenvalue weighted by atomic mass is 16.3. The van der Waals surface area contributed by atoms with Crippen LogP contribution in [-0.2, 0) is 0 Å². The van der Waals surface area contributed by atoms with E-state index in [9.17, 15) is 5.11 Å². The van der Waals surface area contributed by atoms with Crippen molar-refractivity contribution in [2.75, 3.05) is 32.7 Å². The summed E-state index contributed by atoms with van der Waals surface area (Å²) in [6, 6.07) is 0.631. The van der Waals surface area contributed by atoms with Crippen LogP contribution in [0.3, 0.4) is 0 Å². The van der Waals surface area contributed by atoms with E-state index in [1.807, 2.05) is 6.92 Å². The molecule has 2 unspecified atom stereocenters. The fourth-order valence-electron chi connectivity index (χ4n) is 3.29. The smallest absolute Gasteiger partial charge is 0.0527 e. The quantitative estimate of drug-likeness (QED) is 0.792. The van der Waals surface area contributed by atoms with Crippen molar-refractivity contribution in [1.82, 2.24) is 9.80 Å². The minimum Gasteiger partial charge on any atom is -0.393 e. The standard InChI is InChI=1S/C14H28N2O/c1-13(17)12-14-6-2-3-9-16(14)11-10-15-7-4-5-8-15/h13-14,17H,2-12H2,1H3. The summed E-state index contributed by atoms with van der Waals surface area (Å²) < 4.78 is 0. The highest BCUT2D eigenvalue weighted by Gasteiger charge is 2.24. The Balaban J connectivity index is 1.74. The zero-order valence-electron chi connectivity index (χ0n) is 11.3. The highest BCUT2D eigenvalue weighted by molar-refractivity contribution is 4.79. The molecule has 2 rings (SSSR count). The fourth-order valence-corrected chi connectivity index (χ4v) is 3.29. The lowest BCUT2D eigenvalue weighted by Crippen LogP contribution is -2.44. The molecule has 2 aliphatic heterocycles. The number of likely N-dealkylation sites (tertiary alicyclic amines) is 2. The predicted octanol–water partition coefficient (Wildman–Crippen LogP) is 1.71. The van der Waals surface area contributed by atoms with Crippen molar-refractivity contribution in [3.63, 3.8) is 0 Å². The van der Waals surface area contributed by atoms with Gasteiger partial charge in [-0.3, -0.25) is 4.90 Å². The third-order valence-corrected chi connectivity index (χ3v) is 4.26. The Morgan fingerprint density at radius 2 is 1.76 bits per heavy atom. The lowest BCUT2D eigenvalue weighted by molar-refractivity contribution is 0.0801. The Hall–Kier alpha value is -0.120. The van der Waals surface area contributed by atoms with Crippen LogP contribution < -0.4 is 0 Å². The van der Waals surface area contributed by atoms with Crippen LogP contribution in [-0.4, -0.2) is 59.8 Å². The molecule has 3 nitrogen and oxygen atoms in total. The van der Waals surface area contributed by atoms with Gasteiger partial charge in [-0.05, 0) is 58.7 Å². The molecule has 0 aromatic rings. The highest BCUT2D eigenvalue weighted by Crippen LogP contribution is 2.21. The van der Waals surface area contributed by atoms with Gasteiger partial charge in [0.2, 0.25) is 0 Å². The Kier molecular flexibility index (Phi) is 5.26. The number of aliphatic hydroxyl groups is 1. The maximum atomic E-state index is 9.57. The van der Waals surface area contributed by atoms with Crippen molar-refractivity contribution in [3.05, 3.63) is 0 Å². The Labute approximate surface area is 106 Å². The lowest BCUT2D eigenvalue weighted by atomic mass is 9.97. The number of rotatable bonds is 5. The van der Waals surface area contributed by atoms with Crippen LogP contribution in [0.25, 0.3) is 0 Å². The third-order valence-electron chi connectivity index (χ3n) is 4.26. The maximum Gasteiger partial charge on any atom is 0.0527 e. The van der Waals surface area contributed by atoms with E-state index >= 15 is 0 Å². The van der Waals surface area contributed by atoms with Crippen molar-refractivity contribution < 1.29 is 5.11 Å². The second-order valence-electron chi connectivity index (χ2n) is 5.82. The van der Waals surface area contributed by atoms with Crippen LogP contribution in [0.15, 0.2) is 0 Å². The molecule has 2 aliphatic rings. The average Bonchev–Trinajstić information content (AvgIpc) is 2.80. The molecule has 2 atom stereocenters. The molecule has 2 fully saturated rings. The SMILES string of the molecule is CC(O)CC1CCCCN1CCN1CCCC1. The van der Waals surface area contributed by atoms with Gasteiger partial charge in [0, 0.05) is 19.1 Å². The van der Waals surface area contributed by atoms with Crippen molar-refractivity contribution in [2.45, 2.75) is 57.6 Å². The van der Waals surface area contributed by atoms with Crippen LogP contribution >= 0.6 is 0 Å². The van der Waals surface area contributed by atoms with Crippen molar-refractivity contribution in [2.24, 2.45) is 0 Å². The molecule has 0 amide bonds. The van der Waals surface area contributed by atoms with E-state index in [4.69, 9.17) is 0 Å². The third kappa shape index (κ3) is 4.23. The summed E-state index contributed by atoms with van der Waals surface area (Å²) in [6.45, 7) is 8.20. The zero-order chi connectivity index (χ0) is 12.1. The minimum absolute atomic E-state index is 0.146. The minimum atomic E-state index is -0.146. The average molecular weight is 240 g/mol. The molecule has 2 heterocycles. The van der Waals surface area contributed by atoms with Crippen LogP contribution in [0.2, 0.25) is 0 Å². The molecule has 100 valence electrons. The normalized spacial score (nSPS) is 29.6. The first kappa shape index (κ1) is 13.3. The summed E-state index contributed by atoms with van der Waals surface area (Å²) in [5, 5.41) is 9.57. The molecule has 3 heteroatoms. The van der Waals surface area contributed by atoms with E-state index in [-0.39, 0.29) is 6.10 Å². The van der Waals surface area contributed by atoms with Gasteiger partial charge in [-0.2, -0.15) is 0 Å². The first-order valence-electron chi connectivity index (χ1n) is 7.40. The van der Waals surface area contributed by atoms with Crippen LogP contribution in [0, 0.1) is 0 Å². The number of nitrogens with zero attached hydrogens (tertiary/aromatic N) is 2.